The van der Waals surface area contributed by atoms with Crippen LogP contribution in [0, 0.1) is 0 Å². The van der Waals surface area contributed by atoms with Gasteiger partial charge < -0.3 is 14.6 Å². The predicted octanol–water partition coefficient (Wildman–Crippen LogP) is 3.96. The molecule has 0 fully saturated rings. The second kappa shape index (κ2) is 9.07. The number of carboxylic acid groups (broad SMARTS) is 1. The first-order valence-corrected chi connectivity index (χ1v) is 8.96. The van der Waals surface area contributed by atoms with Gasteiger partial charge >= 0.3 is 12.1 Å². The van der Waals surface area contributed by atoms with E-state index in [9.17, 15) is 14.7 Å². The minimum Gasteiger partial charge on any atom is -0.496 e. The number of carbonyl (C=O) groups is 2. The summed E-state index contributed by atoms with van der Waals surface area (Å²) < 4.78 is 12.5. The van der Waals surface area contributed by atoms with Crippen molar-refractivity contribution in [2.75, 3.05) is 14.2 Å². The Hall–Kier alpha value is -1.77. The molecule has 0 radical (unpaired) electrons. The van der Waals surface area contributed by atoms with E-state index in [1.54, 1.807) is 26.8 Å². The Morgan fingerprint density at radius 2 is 2.00 bits per heavy atom. The fourth-order valence-electron chi connectivity index (χ4n) is 2.19. The first kappa shape index (κ1) is 21.3. The summed E-state index contributed by atoms with van der Waals surface area (Å²) in [5.41, 5.74) is 0.934. The Balaban J connectivity index is 3.11. The van der Waals surface area contributed by atoms with Gasteiger partial charge in [0, 0.05) is 13.5 Å². The number of nitrogens with zero attached hydrogens (tertiary/aromatic N) is 1. The smallest absolute Gasteiger partial charge is 0.410 e. The van der Waals surface area contributed by atoms with Crippen LogP contribution in [0.2, 0.25) is 0 Å². The second-order valence-electron chi connectivity index (χ2n) is 6.51. The van der Waals surface area contributed by atoms with Crippen LogP contribution in [-0.4, -0.2) is 47.9 Å². The van der Waals surface area contributed by atoms with Crippen LogP contribution in [0.4, 0.5) is 4.79 Å². The fraction of sp³-hybridized carbons (Fsp3) is 0.444. The molecule has 1 atom stereocenters. The van der Waals surface area contributed by atoms with Gasteiger partial charge in [0.1, 0.15) is 17.4 Å². The maximum atomic E-state index is 12.2. The van der Waals surface area contributed by atoms with Crippen LogP contribution in [0.25, 0.3) is 6.08 Å². The highest BCUT2D eigenvalue weighted by Gasteiger charge is 2.31. The third-order valence-electron chi connectivity index (χ3n) is 3.41. The molecule has 0 bridgehead atoms. The summed E-state index contributed by atoms with van der Waals surface area (Å²) in [6.45, 7) is 5.20. The monoisotopic (exact) mass is 461 g/mol. The first-order chi connectivity index (χ1) is 11.6. The van der Waals surface area contributed by atoms with E-state index in [4.69, 9.17) is 9.47 Å². The van der Waals surface area contributed by atoms with E-state index in [1.165, 1.54) is 14.2 Å². The lowest BCUT2D eigenvalue weighted by atomic mass is 10.0. The largest absolute Gasteiger partial charge is 0.496 e. The lowest BCUT2D eigenvalue weighted by molar-refractivity contribution is -0.142. The highest BCUT2D eigenvalue weighted by molar-refractivity contribution is 14.1. The summed E-state index contributed by atoms with van der Waals surface area (Å²) in [6.07, 6.45) is 1.33. The Labute approximate surface area is 161 Å². The van der Waals surface area contributed by atoms with E-state index in [0.29, 0.717) is 11.3 Å². The number of carbonyl (C=O) groups excluding carboxylic acids is 1. The third-order valence-corrected chi connectivity index (χ3v) is 3.77. The predicted molar refractivity (Wildman–Crippen MR) is 105 cm³/mol. The topological polar surface area (TPSA) is 76.1 Å². The van der Waals surface area contributed by atoms with Crippen LogP contribution in [-0.2, 0) is 16.0 Å². The number of rotatable bonds is 6. The number of methoxy groups -OCH3 is 1. The van der Waals surface area contributed by atoms with E-state index in [-0.39, 0.29) is 6.42 Å². The molecule has 0 saturated carbocycles. The van der Waals surface area contributed by atoms with Gasteiger partial charge in [0.05, 0.1) is 7.11 Å². The molecule has 1 N–H and O–H groups in total. The van der Waals surface area contributed by atoms with Gasteiger partial charge in [0.2, 0.25) is 0 Å². The number of halogens is 1. The maximum Gasteiger partial charge on any atom is 0.410 e. The van der Waals surface area contributed by atoms with Crippen LogP contribution in [0.15, 0.2) is 22.3 Å². The zero-order chi connectivity index (χ0) is 19.2. The van der Waals surface area contributed by atoms with E-state index < -0.39 is 23.7 Å². The van der Waals surface area contributed by atoms with Crippen LogP contribution in [0.1, 0.15) is 31.9 Å². The number of likely N-dealkylation sites (N-methyl/N-ethyl adjacent to an activating group) is 1. The fourth-order valence-corrected chi connectivity index (χ4v) is 2.61. The van der Waals surface area contributed by atoms with Crippen LogP contribution in [0.3, 0.4) is 0 Å². The molecule has 0 aliphatic heterocycles. The molecule has 1 aromatic carbocycles. The van der Waals surface area contributed by atoms with Crippen molar-refractivity contribution in [1.29, 1.82) is 0 Å². The van der Waals surface area contributed by atoms with Crippen molar-refractivity contribution < 1.29 is 24.2 Å². The molecule has 0 saturated heterocycles. The number of hydrogen-bond acceptors (Lipinski definition) is 4. The Kier molecular flexibility index (Phi) is 7.72. The molecule has 0 unspecified atom stereocenters. The molecule has 0 spiro atoms. The quantitative estimate of drug-likeness (QED) is 0.650. The summed E-state index contributed by atoms with van der Waals surface area (Å²) in [5, 5.41) is 9.58. The van der Waals surface area contributed by atoms with Crippen molar-refractivity contribution in [3.63, 3.8) is 0 Å². The molecule has 1 rings (SSSR count). The first-order valence-electron chi connectivity index (χ1n) is 7.71. The number of ether oxygens (including phenoxy) is 2. The molecule has 0 heterocycles. The second-order valence-corrected chi connectivity index (χ2v) is 7.23. The van der Waals surface area contributed by atoms with Crippen LogP contribution >= 0.6 is 22.6 Å². The number of carboxylic acids is 1. The summed E-state index contributed by atoms with van der Waals surface area (Å²) in [6, 6.07) is 4.45. The minimum absolute atomic E-state index is 0.108. The number of benzene rings is 1. The average Bonchev–Trinajstić information content (AvgIpc) is 2.50. The molecule has 7 heteroatoms. The van der Waals surface area contributed by atoms with E-state index in [1.807, 2.05) is 22.3 Å². The summed E-state index contributed by atoms with van der Waals surface area (Å²) in [5.74, 6) is -0.528. The normalized spacial score (nSPS) is 12.7. The molecule has 0 aromatic heterocycles. The van der Waals surface area contributed by atoms with Gasteiger partial charge in [0.15, 0.2) is 0 Å². The van der Waals surface area contributed by atoms with Crippen molar-refractivity contribution in [2.24, 2.45) is 0 Å². The Morgan fingerprint density at radius 3 is 2.48 bits per heavy atom. The van der Waals surface area contributed by atoms with Gasteiger partial charge in [-0.2, -0.15) is 0 Å². The van der Waals surface area contributed by atoms with E-state index >= 15 is 0 Å². The molecule has 0 aliphatic carbocycles. The van der Waals surface area contributed by atoms with Gasteiger partial charge in [-0.3, -0.25) is 4.90 Å². The van der Waals surface area contributed by atoms with Crippen molar-refractivity contribution in [2.45, 2.75) is 38.8 Å². The van der Waals surface area contributed by atoms with Crippen LogP contribution in [0.5, 0.6) is 5.75 Å². The molecule has 138 valence electrons. The summed E-state index contributed by atoms with van der Waals surface area (Å²) in [7, 11) is 2.95. The molecule has 1 amide bonds. The molecular formula is C18H24INO5. The molecule has 6 nitrogen and oxygen atoms in total. The lowest BCUT2D eigenvalue weighted by Crippen LogP contribution is -2.46. The SMILES string of the molecule is COc1ccc(/C=C\I)cc1C[C@@H](C(=O)O)N(C)C(=O)OC(C)(C)C. The van der Waals surface area contributed by atoms with Gasteiger partial charge in [-0.05, 0) is 54.2 Å². The molecule has 1 aromatic rings. The van der Waals surface area contributed by atoms with Crippen molar-refractivity contribution in [3.8, 4) is 5.75 Å². The number of amides is 1. The number of hydrogen-bond donors (Lipinski definition) is 1. The molecule has 25 heavy (non-hydrogen) atoms. The third kappa shape index (κ3) is 6.56. The summed E-state index contributed by atoms with van der Waals surface area (Å²) in [4.78, 5) is 25.0. The Bertz CT molecular complexity index is 651. The average molecular weight is 461 g/mol. The zero-order valence-corrected chi connectivity index (χ0v) is 17.2. The molecule has 0 aliphatic rings. The highest BCUT2D eigenvalue weighted by Crippen LogP contribution is 2.24. The zero-order valence-electron chi connectivity index (χ0n) is 15.1. The maximum absolute atomic E-state index is 12.2. The van der Waals surface area contributed by atoms with Gasteiger partial charge in [-0.15, -0.1) is 0 Å². The van der Waals surface area contributed by atoms with Gasteiger partial charge in [0.25, 0.3) is 0 Å². The van der Waals surface area contributed by atoms with Gasteiger partial charge in [-0.25, -0.2) is 9.59 Å². The standard InChI is InChI=1S/C18H24INO5/c1-18(2,3)25-17(23)20(4)14(16(21)22)11-13-10-12(8-9-19)6-7-15(13)24-5/h6-10,14H,11H2,1-5H3,(H,21,22)/b9-8-/t14-/m0/s1. The molecular weight excluding hydrogens is 437 g/mol. The Morgan fingerprint density at radius 1 is 1.36 bits per heavy atom. The number of aliphatic carboxylic acids is 1. The summed E-state index contributed by atoms with van der Waals surface area (Å²) >= 11 is 2.11. The van der Waals surface area contributed by atoms with Crippen molar-refractivity contribution in [3.05, 3.63) is 33.4 Å². The van der Waals surface area contributed by atoms with Gasteiger partial charge in [-0.1, -0.05) is 28.7 Å². The van der Waals surface area contributed by atoms with Crippen molar-refractivity contribution >= 4 is 40.7 Å². The van der Waals surface area contributed by atoms with Crippen molar-refractivity contribution in [1.82, 2.24) is 4.90 Å². The van der Waals surface area contributed by atoms with E-state index in [0.717, 1.165) is 10.5 Å². The lowest BCUT2D eigenvalue weighted by Gasteiger charge is -2.29. The minimum atomic E-state index is -1.11. The van der Waals surface area contributed by atoms with Crippen LogP contribution < -0.4 is 4.74 Å². The highest BCUT2D eigenvalue weighted by atomic mass is 127. The van der Waals surface area contributed by atoms with E-state index in [2.05, 4.69) is 22.6 Å².